The van der Waals surface area contributed by atoms with Crippen LogP contribution >= 0.6 is 0 Å². The Morgan fingerprint density at radius 1 is 1.30 bits per heavy atom. The van der Waals surface area contributed by atoms with Crippen molar-refractivity contribution in [1.29, 1.82) is 0 Å². The minimum atomic E-state index is -0.868. The molecule has 110 valence electrons. The van der Waals surface area contributed by atoms with E-state index in [-0.39, 0.29) is 12.3 Å². The highest BCUT2D eigenvalue weighted by atomic mass is 16.5. The van der Waals surface area contributed by atoms with Gasteiger partial charge in [0.15, 0.2) is 0 Å². The van der Waals surface area contributed by atoms with Gasteiger partial charge in [0.2, 0.25) is 11.8 Å². The summed E-state index contributed by atoms with van der Waals surface area (Å²) in [5, 5.41) is 0. The Labute approximate surface area is 118 Å². The van der Waals surface area contributed by atoms with E-state index in [1.807, 2.05) is 30.3 Å². The summed E-state index contributed by atoms with van der Waals surface area (Å²) >= 11 is 0. The molecule has 0 aromatic heterocycles. The fourth-order valence-electron chi connectivity index (χ4n) is 1.71. The average molecular weight is 279 g/mol. The highest BCUT2D eigenvalue weighted by Crippen LogP contribution is 2.08. The number of hydrogen-bond donors (Lipinski definition) is 2. The molecule has 6 nitrogen and oxygen atoms in total. The van der Waals surface area contributed by atoms with Crippen LogP contribution < -0.4 is 16.2 Å². The maximum Gasteiger partial charge on any atom is 0.239 e. The summed E-state index contributed by atoms with van der Waals surface area (Å²) in [6, 6.07) is 8.59. The molecule has 2 amide bonds. The number of amides is 2. The normalized spacial score (nSPS) is 11.7. The molecule has 0 saturated carbocycles. The van der Waals surface area contributed by atoms with Crippen molar-refractivity contribution in [3.8, 4) is 5.75 Å². The lowest BCUT2D eigenvalue weighted by atomic mass is 10.2. The molecule has 1 rings (SSSR count). The summed E-state index contributed by atoms with van der Waals surface area (Å²) < 4.78 is 5.52. The molecule has 0 spiro atoms. The minimum absolute atomic E-state index is 0.135. The SMILES string of the molecule is CN(CCCOc1ccccc1)C(=O)C(N)CC(N)=O. The van der Waals surface area contributed by atoms with E-state index in [4.69, 9.17) is 16.2 Å². The molecule has 4 N–H and O–H groups in total. The lowest BCUT2D eigenvalue weighted by Crippen LogP contribution is -2.44. The zero-order valence-corrected chi connectivity index (χ0v) is 11.6. The van der Waals surface area contributed by atoms with Crippen LogP contribution in [0.1, 0.15) is 12.8 Å². The molecule has 0 fully saturated rings. The van der Waals surface area contributed by atoms with E-state index < -0.39 is 11.9 Å². The third kappa shape index (κ3) is 5.71. The molecular formula is C14H21N3O3. The van der Waals surface area contributed by atoms with Crippen molar-refractivity contribution >= 4 is 11.8 Å². The molecule has 0 bridgehead atoms. The second-order valence-electron chi connectivity index (χ2n) is 4.55. The number of rotatable bonds is 8. The third-order valence-electron chi connectivity index (χ3n) is 2.76. The van der Waals surface area contributed by atoms with E-state index in [0.717, 1.165) is 5.75 Å². The lowest BCUT2D eigenvalue weighted by molar-refractivity contribution is -0.133. The van der Waals surface area contributed by atoms with Gasteiger partial charge in [0, 0.05) is 13.6 Å². The van der Waals surface area contributed by atoms with Gasteiger partial charge in [0.1, 0.15) is 5.75 Å². The molecule has 1 atom stereocenters. The van der Waals surface area contributed by atoms with Crippen LogP contribution in [-0.4, -0.2) is 43.0 Å². The number of ether oxygens (including phenoxy) is 1. The van der Waals surface area contributed by atoms with Gasteiger partial charge in [-0.15, -0.1) is 0 Å². The number of nitrogens with two attached hydrogens (primary N) is 2. The Bertz CT molecular complexity index is 437. The Balaban J connectivity index is 2.24. The zero-order valence-electron chi connectivity index (χ0n) is 11.6. The first kappa shape index (κ1) is 16.0. The summed E-state index contributed by atoms with van der Waals surface area (Å²) in [6.45, 7) is 1.02. The van der Waals surface area contributed by atoms with Gasteiger partial charge in [-0.25, -0.2) is 0 Å². The van der Waals surface area contributed by atoms with Crippen molar-refractivity contribution in [1.82, 2.24) is 4.90 Å². The van der Waals surface area contributed by atoms with E-state index in [1.54, 1.807) is 7.05 Å². The fraction of sp³-hybridized carbons (Fsp3) is 0.429. The highest BCUT2D eigenvalue weighted by molar-refractivity contribution is 5.87. The Hall–Kier alpha value is -2.08. The Morgan fingerprint density at radius 3 is 2.55 bits per heavy atom. The van der Waals surface area contributed by atoms with Gasteiger partial charge in [0.25, 0.3) is 0 Å². The molecule has 1 unspecified atom stereocenters. The smallest absolute Gasteiger partial charge is 0.239 e. The van der Waals surface area contributed by atoms with Crippen LogP contribution in [0.5, 0.6) is 5.75 Å². The first-order valence-electron chi connectivity index (χ1n) is 6.47. The number of nitrogens with zero attached hydrogens (tertiary/aromatic N) is 1. The van der Waals surface area contributed by atoms with Gasteiger partial charge in [0.05, 0.1) is 19.1 Å². The number of para-hydroxylation sites is 1. The van der Waals surface area contributed by atoms with Gasteiger partial charge >= 0.3 is 0 Å². The van der Waals surface area contributed by atoms with Crippen LogP contribution in [-0.2, 0) is 9.59 Å². The second kappa shape index (κ2) is 8.16. The first-order valence-corrected chi connectivity index (χ1v) is 6.47. The third-order valence-corrected chi connectivity index (χ3v) is 2.76. The fourth-order valence-corrected chi connectivity index (χ4v) is 1.71. The maximum absolute atomic E-state index is 11.8. The zero-order chi connectivity index (χ0) is 15.0. The van der Waals surface area contributed by atoms with E-state index >= 15 is 0 Å². The number of likely N-dealkylation sites (N-methyl/N-ethyl adjacent to an activating group) is 1. The van der Waals surface area contributed by atoms with Gasteiger partial charge in [-0.1, -0.05) is 18.2 Å². The Kier molecular flexibility index (Phi) is 6.52. The van der Waals surface area contributed by atoms with Crippen molar-refractivity contribution in [2.45, 2.75) is 18.9 Å². The number of carbonyl (C=O) groups excluding carboxylic acids is 2. The monoisotopic (exact) mass is 279 g/mol. The predicted octanol–water partition coefficient (Wildman–Crippen LogP) is 0.117. The molecular weight excluding hydrogens is 258 g/mol. The summed E-state index contributed by atoms with van der Waals surface area (Å²) in [5.41, 5.74) is 10.6. The number of primary amides is 1. The molecule has 0 heterocycles. The number of carbonyl (C=O) groups is 2. The molecule has 0 aliphatic carbocycles. The first-order chi connectivity index (χ1) is 9.50. The van der Waals surface area contributed by atoms with Crippen molar-refractivity contribution in [3.63, 3.8) is 0 Å². The van der Waals surface area contributed by atoms with E-state index in [0.29, 0.717) is 19.6 Å². The minimum Gasteiger partial charge on any atom is -0.494 e. The van der Waals surface area contributed by atoms with Crippen LogP contribution in [0.15, 0.2) is 30.3 Å². The van der Waals surface area contributed by atoms with Crippen LogP contribution in [0.3, 0.4) is 0 Å². The molecule has 0 aliphatic heterocycles. The Morgan fingerprint density at radius 2 is 1.95 bits per heavy atom. The summed E-state index contributed by atoms with van der Waals surface area (Å²) in [5.74, 6) is -0.0675. The second-order valence-corrected chi connectivity index (χ2v) is 4.55. The molecule has 20 heavy (non-hydrogen) atoms. The summed E-state index contributed by atoms with van der Waals surface area (Å²) in [4.78, 5) is 24.0. The molecule has 1 aromatic rings. The highest BCUT2D eigenvalue weighted by Gasteiger charge is 2.19. The van der Waals surface area contributed by atoms with E-state index in [1.165, 1.54) is 4.90 Å². The molecule has 1 aromatic carbocycles. The van der Waals surface area contributed by atoms with Crippen molar-refractivity contribution < 1.29 is 14.3 Å². The summed E-state index contributed by atoms with van der Waals surface area (Å²) in [7, 11) is 1.64. The van der Waals surface area contributed by atoms with Crippen LogP contribution in [0.25, 0.3) is 0 Å². The lowest BCUT2D eigenvalue weighted by Gasteiger charge is -2.20. The molecule has 0 radical (unpaired) electrons. The average Bonchev–Trinajstić information content (AvgIpc) is 2.43. The number of benzene rings is 1. The quantitative estimate of drug-likeness (QED) is 0.660. The molecule has 6 heteroatoms. The van der Waals surface area contributed by atoms with Crippen LogP contribution in [0.4, 0.5) is 0 Å². The predicted molar refractivity (Wildman–Crippen MR) is 76.0 cm³/mol. The van der Waals surface area contributed by atoms with Crippen molar-refractivity contribution in [2.75, 3.05) is 20.2 Å². The van der Waals surface area contributed by atoms with Gasteiger partial charge in [-0.2, -0.15) is 0 Å². The van der Waals surface area contributed by atoms with Crippen LogP contribution in [0, 0.1) is 0 Å². The topological polar surface area (TPSA) is 98.7 Å². The number of hydrogen-bond acceptors (Lipinski definition) is 4. The molecule has 0 aliphatic rings. The van der Waals surface area contributed by atoms with E-state index in [2.05, 4.69) is 0 Å². The largest absolute Gasteiger partial charge is 0.494 e. The van der Waals surface area contributed by atoms with Gasteiger partial charge in [-0.05, 0) is 18.6 Å². The maximum atomic E-state index is 11.8. The summed E-state index contributed by atoms with van der Waals surface area (Å²) in [6.07, 6.45) is 0.546. The van der Waals surface area contributed by atoms with E-state index in [9.17, 15) is 9.59 Å². The van der Waals surface area contributed by atoms with Gasteiger partial charge < -0.3 is 21.1 Å². The van der Waals surface area contributed by atoms with Crippen molar-refractivity contribution in [3.05, 3.63) is 30.3 Å². The van der Waals surface area contributed by atoms with Gasteiger partial charge in [-0.3, -0.25) is 9.59 Å². The molecule has 0 saturated heterocycles. The standard InChI is InChI=1S/C14H21N3O3/c1-17(14(19)12(15)10-13(16)18)8-5-9-20-11-6-3-2-4-7-11/h2-4,6-7,12H,5,8-10,15H2,1H3,(H2,16,18). The van der Waals surface area contributed by atoms with Crippen LogP contribution in [0.2, 0.25) is 0 Å². The van der Waals surface area contributed by atoms with Crippen molar-refractivity contribution in [2.24, 2.45) is 11.5 Å².